The Morgan fingerprint density at radius 3 is 2.62 bits per heavy atom. The molecule has 0 aliphatic rings. The molecule has 2 N–H and O–H groups in total. The van der Waals surface area contributed by atoms with Gasteiger partial charge in [0, 0.05) is 17.3 Å². The zero-order valence-corrected chi connectivity index (χ0v) is 8.31. The molecular weight excluding hydrogens is 205 g/mol. The smallest absolute Gasteiger partial charge is 0.141 e. The molecule has 0 saturated heterocycles. The molecule has 16 heavy (non-hydrogen) atoms. The minimum atomic E-state index is -0.385. The number of benzene rings is 1. The van der Waals surface area contributed by atoms with Gasteiger partial charge in [-0.2, -0.15) is 5.26 Å². The third-order valence-electron chi connectivity index (χ3n) is 2.26. The number of anilines is 1. The molecule has 0 unspecified atom stereocenters. The first-order valence-electron chi connectivity index (χ1n) is 4.63. The normalized spacial score (nSPS) is 9.75. The van der Waals surface area contributed by atoms with Crippen LogP contribution in [-0.4, -0.2) is 4.98 Å². The quantitative estimate of drug-likeness (QED) is 0.790. The molecule has 0 atom stereocenters. The van der Waals surface area contributed by atoms with E-state index in [1.54, 1.807) is 24.3 Å². The zero-order valence-electron chi connectivity index (χ0n) is 8.31. The van der Waals surface area contributed by atoms with E-state index in [4.69, 9.17) is 11.0 Å². The Morgan fingerprint density at radius 2 is 1.94 bits per heavy atom. The van der Waals surface area contributed by atoms with Crippen molar-refractivity contribution >= 4 is 5.82 Å². The summed E-state index contributed by atoms with van der Waals surface area (Å²) in [7, 11) is 0. The highest BCUT2D eigenvalue weighted by atomic mass is 19.1. The summed E-state index contributed by atoms with van der Waals surface area (Å²) in [5.41, 5.74) is 6.59. The fourth-order valence-electron chi connectivity index (χ4n) is 1.50. The van der Waals surface area contributed by atoms with E-state index in [0.29, 0.717) is 11.1 Å². The van der Waals surface area contributed by atoms with Crippen molar-refractivity contribution in [2.75, 3.05) is 5.73 Å². The lowest BCUT2D eigenvalue weighted by Crippen LogP contribution is -1.97. The molecule has 1 heterocycles. The van der Waals surface area contributed by atoms with Crippen LogP contribution in [0.1, 0.15) is 5.56 Å². The molecular formula is C12H8FN3. The van der Waals surface area contributed by atoms with Crippen molar-refractivity contribution in [3.8, 4) is 17.2 Å². The first-order valence-corrected chi connectivity index (χ1v) is 4.63. The average Bonchev–Trinajstić information content (AvgIpc) is 2.29. The molecule has 0 saturated carbocycles. The van der Waals surface area contributed by atoms with E-state index in [-0.39, 0.29) is 17.2 Å². The van der Waals surface area contributed by atoms with Crippen LogP contribution in [0, 0.1) is 17.1 Å². The molecule has 0 aliphatic heterocycles. The van der Waals surface area contributed by atoms with Gasteiger partial charge in [0.05, 0.1) is 0 Å². The Hall–Kier alpha value is -2.41. The van der Waals surface area contributed by atoms with Gasteiger partial charge in [-0.3, -0.25) is 0 Å². The van der Waals surface area contributed by atoms with Crippen LogP contribution in [0.4, 0.5) is 10.2 Å². The van der Waals surface area contributed by atoms with Gasteiger partial charge in [-0.05, 0) is 12.1 Å². The van der Waals surface area contributed by atoms with E-state index in [1.165, 1.54) is 12.3 Å². The van der Waals surface area contributed by atoms with Crippen LogP contribution < -0.4 is 5.73 Å². The summed E-state index contributed by atoms with van der Waals surface area (Å²) in [5.74, 6) is -0.271. The third-order valence-corrected chi connectivity index (χ3v) is 2.26. The van der Waals surface area contributed by atoms with Gasteiger partial charge in [-0.15, -0.1) is 0 Å². The SMILES string of the molecule is N#Cc1c(-c2ccccc2F)ccnc1N. The summed E-state index contributed by atoms with van der Waals surface area (Å²) in [5, 5.41) is 8.96. The average molecular weight is 213 g/mol. The molecule has 3 nitrogen and oxygen atoms in total. The Labute approximate surface area is 92.0 Å². The predicted octanol–water partition coefficient (Wildman–Crippen LogP) is 2.34. The Kier molecular flexibility index (Phi) is 2.52. The van der Waals surface area contributed by atoms with Crippen LogP contribution >= 0.6 is 0 Å². The summed E-state index contributed by atoms with van der Waals surface area (Å²) >= 11 is 0. The Morgan fingerprint density at radius 1 is 1.19 bits per heavy atom. The van der Waals surface area contributed by atoms with Crippen LogP contribution in [-0.2, 0) is 0 Å². The van der Waals surface area contributed by atoms with Crippen molar-refractivity contribution in [3.05, 3.63) is 47.9 Å². The second-order valence-corrected chi connectivity index (χ2v) is 3.21. The number of nitrogens with zero attached hydrogens (tertiary/aromatic N) is 2. The fraction of sp³-hybridized carbons (Fsp3) is 0. The number of hydrogen-bond acceptors (Lipinski definition) is 3. The third kappa shape index (κ3) is 1.59. The molecule has 0 fully saturated rings. The second-order valence-electron chi connectivity index (χ2n) is 3.21. The van der Waals surface area contributed by atoms with Crippen molar-refractivity contribution in [1.82, 2.24) is 4.98 Å². The molecule has 0 bridgehead atoms. The minimum absolute atomic E-state index is 0.114. The lowest BCUT2D eigenvalue weighted by atomic mass is 10.0. The van der Waals surface area contributed by atoms with E-state index < -0.39 is 0 Å². The number of aromatic nitrogens is 1. The number of nitrogen functional groups attached to an aromatic ring is 1. The molecule has 0 radical (unpaired) electrons. The van der Waals surface area contributed by atoms with E-state index in [9.17, 15) is 4.39 Å². The molecule has 78 valence electrons. The van der Waals surface area contributed by atoms with Crippen LogP contribution in [0.2, 0.25) is 0 Å². The van der Waals surface area contributed by atoms with Crippen molar-refractivity contribution in [2.24, 2.45) is 0 Å². The minimum Gasteiger partial charge on any atom is -0.383 e. The zero-order chi connectivity index (χ0) is 11.5. The van der Waals surface area contributed by atoms with Gasteiger partial charge in [0.1, 0.15) is 23.3 Å². The number of halogens is 1. The van der Waals surface area contributed by atoms with Crippen molar-refractivity contribution in [1.29, 1.82) is 5.26 Å². The number of nitrogens with two attached hydrogens (primary N) is 1. The lowest BCUT2D eigenvalue weighted by Gasteiger charge is -2.06. The summed E-state index contributed by atoms with van der Waals surface area (Å²) in [6.07, 6.45) is 1.46. The van der Waals surface area contributed by atoms with Gasteiger partial charge in [0.25, 0.3) is 0 Å². The van der Waals surface area contributed by atoms with Crippen molar-refractivity contribution in [3.63, 3.8) is 0 Å². The van der Waals surface area contributed by atoms with Gasteiger partial charge in [-0.1, -0.05) is 18.2 Å². The molecule has 1 aromatic carbocycles. The Bertz CT molecular complexity index is 573. The van der Waals surface area contributed by atoms with Crippen molar-refractivity contribution in [2.45, 2.75) is 0 Å². The van der Waals surface area contributed by atoms with Gasteiger partial charge in [0.2, 0.25) is 0 Å². The predicted molar refractivity (Wildman–Crippen MR) is 58.8 cm³/mol. The first-order chi connectivity index (χ1) is 7.74. The monoisotopic (exact) mass is 213 g/mol. The number of pyridine rings is 1. The standard InChI is InChI=1S/C12H8FN3/c13-11-4-2-1-3-9(11)8-5-6-16-12(15)10(8)7-14/h1-6H,(H2,15,16). The number of rotatable bonds is 1. The van der Waals surface area contributed by atoms with Crippen LogP contribution in [0.5, 0.6) is 0 Å². The molecule has 1 aromatic heterocycles. The molecule has 0 amide bonds. The van der Waals surface area contributed by atoms with E-state index in [1.807, 2.05) is 6.07 Å². The van der Waals surface area contributed by atoms with E-state index >= 15 is 0 Å². The number of hydrogen-bond donors (Lipinski definition) is 1. The van der Waals surface area contributed by atoms with Gasteiger partial charge >= 0.3 is 0 Å². The maximum Gasteiger partial charge on any atom is 0.141 e. The van der Waals surface area contributed by atoms with Gasteiger partial charge in [-0.25, -0.2) is 9.37 Å². The van der Waals surface area contributed by atoms with Crippen LogP contribution in [0.25, 0.3) is 11.1 Å². The largest absolute Gasteiger partial charge is 0.383 e. The maximum atomic E-state index is 13.6. The summed E-state index contributed by atoms with van der Waals surface area (Å²) in [6.45, 7) is 0. The number of nitriles is 1. The topological polar surface area (TPSA) is 62.7 Å². The van der Waals surface area contributed by atoms with Crippen LogP contribution in [0.3, 0.4) is 0 Å². The van der Waals surface area contributed by atoms with E-state index in [2.05, 4.69) is 4.98 Å². The van der Waals surface area contributed by atoms with Gasteiger partial charge in [0.15, 0.2) is 0 Å². The second kappa shape index (κ2) is 3.99. The van der Waals surface area contributed by atoms with E-state index in [0.717, 1.165) is 0 Å². The first kappa shape index (κ1) is 10.1. The fourth-order valence-corrected chi connectivity index (χ4v) is 1.50. The van der Waals surface area contributed by atoms with Gasteiger partial charge < -0.3 is 5.73 Å². The molecule has 2 rings (SSSR count). The summed E-state index contributed by atoms with van der Waals surface area (Å²) < 4.78 is 13.6. The molecule has 0 spiro atoms. The summed E-state index contributed by atoms with van der Waals surface area (Å²) in [6, 6.07) is 9.75. The maximum absolute atomic E-state index is 13.6. The molecule has 2 aromatic rings. The highest BCUT2D eigenvalue weighted by Gasteiger charge is 2.11. The molecule has 0 aliphatic carbocycles. The Balaban J connectivity index is 2.71. The van der Waals surface area contributed by atoms with Crippen molar-refractivity contribution < 1.29 is 4.39 Å². The lowest BCUT2D eigenvalue weighted by molar-refractivity contribution is 0.631. The highest BCUT2D eigenvalue weighted by Crippen LogP contribution is 2.27. The highest BCUT2D eigenvalue weighted by molar-refractivity contribution is 5.75. The molecule has 4 heteroatoms. The summed E-state index contributed by atoms with van der Waals surface area (Å²) in [4.78, 5) is 3.80. The van der Waals surface area contributed by atoms with Crippen LogP contribution in [0.15, 0.2) is 36.5 Å².